The molecule has 0 N–H and O–H groups in total. The van der Waals surface area contributed by atoms with Crippen molar-refractivity contribution in [1.82, 2.24) is 0 Å². The molecular formula is C10H14. The van der Waals surface area contributed by atoms with Crippen LogP contribution < -0.4 is 0 Å². The highest BCUT2D eigenvalue weighted by atomic mass is 14.2. The lowest BCUT2D eigenvalue weighted by Gasteiger charge is -1.96. The molecule has 10 heavy (non-hydrogen) atoms. The van der Waals surface area contributed by atoms with Crippen molar-refractivity contribution in [1.29, 1.82) is 0 Å². The Hall–Kier alpha value is -0.780. The Balaban J connectivity index is 2.80. The van der Waals surface area contributed by atoms with Gasteiger partial charge in [-0.3, -0.25) is 0 Å². The molecule has 0 aliphatic heterocycles. The van der Waals surface area contributed by atoms with Crippen molar-refractivity contribution < 1.29 is 0 Å². The van der Waals surface area contributed by atoms with Crippen LogP contribution in [0.15, 0.2) is 36.5 Å². The molecule has 0 fully saturated rings. The smallest absolute Gasteiger partial charge is 0.0247 e. The van der Waals surface area contributed by atoms with Crippen LogP contribution in [0, 0.1) is 5.92 Å². The summed E-state index contributed by atoms with van der Waals surface area (Å²) in [6.07, 6.45) is 6.29. The van der Waals surface area contributed by atoms with E-state index in [9.17, 15) is 0 Å². The maximum absolute atomic E-state index is 3.77. The summed E-state index contributed by atoms with van der Waals surface area (Å²) in [7, 11) is 0. The van der Waals surface area contributed by atoms with E-state index >= 15 is 0 Å². The van der Waals surface area contributed by atoms with Gasteiger partial charge in [0.1, 0.15) is 0 Å². The van der Waals surface area contributed by atoms with Crippen molar-refractivity contribution in [3.8, 4) is 0 Å². The van der Waals surface area contributed by atoms with E-state index in [0.29, 0.717) is 0 Å². The highest BCUT2D eigenvalue weighted by molar-refractivity contribution is 5.35. The Labute approximate surface area is 62.9 Å². The van der Waals surface area contributed by atoms with Crippen LogP contribution in [0.4, 0.5) is 0 Å². The normalized spacial score (nSPS) is 19.7. The van der Waals surface area contributed by atoms with Gasteiger partial charge in [-0.05, 0) is 29.9 Å². The van der Waals surface area contributed by atoms with Gasteiger partial charge >= 0.3 is 0 Å². The van der Waals surface area contributed by atoms with E-state index in [2.05, 4.69) is 20.1 Å². The summed E-state index contributed by atoms with van der Waals surface area (Å²) < 4.78 is 0. The second-order valence-electron chi connectivity index (χ2n) is 2.97. The number of hydrogen-bond acceptors (Lipinski definition) is 0. The monoisotopic (exact) mass is 134 g/mol. The third kappa shape index (κ3) is 1.21. The molecule has 0 amide bonds. The van der Waals surface area contributed by atoms with Gasteiger partial charge < -0.3 is 0 Å². The van der Waals surface area contributed by atoms with Crippen LogP contribution in [0.1, 0.15) is 19.8 Å². The highest BCUT2D eigenvalue weighted by Gasteiger charge is 2.15. The molecule has 1 aliphatic carbocycles. The van der Waals surface area contributed by atoms with Gasteiger partial charge in [0.2, 0.25) is 0 Å². The van der Waals surface area contributed by atoms with Gasteiger partial charge in [0.15, 0.2) is 0 Å². The quantitative estimate of drug-likeness (QED) is 0.544. The summed E-state index contributed by atoms with van der Waals surface area (Å²) >= 11 is 0. The predicted octanol–water partition coefficient (Wildman–Crippen LogP) is 3.08. The zero-order chi connectivity index (χ0) is 7.56. The third-order valence-electron chi connectivity index (χ3n) is 2.04. The first-order valence-corrected chi connectivity index (χ1v) is 3.74. The first-order chi connectivity index (χ1) is 4.77. The van der Waals surface area contributed by atoms with Crippen molar-refractivity contribution in [2.24, 2.45) is 5.92 Å². The summed E-state index contributed by atoms with van der Waals surface area (Å²) in [4.78, 5) is 0. The summed E-state index contributed by atoms with van der Waals surface area (Å²) in [5.41, 5.74) is 2.78. The van der Waals surface area contributed by atoms with Crippen LogP contribution in [-0.2, 0) is 0 Å². The van der Waals surface area contributed by atoms with E-state index < -0.39 is 0 Å². The largest absolute Gasteiger partial charge is 0.0988 e. The average Bonchev–Trinajstić information content (AvgIpc) is 2.30. The standard InChI is InChI=1S/C10H14/c1-4-9-6-8(3)7-10(9)5-2/h4-5,8H,1-2,6-7H2,3H3. The van der Waals surface area contributed by atoms with Crippen LogP contribution >= 0.6 is 0 Å². The molecule has 0 heteroatoms. The van der Waals surface area contributed by atoms with E-state index in [1.807, 2.05) is 12.2 Å². The lowest BCUT2D eigenvalue weighted by molar-refractivity contribution is 0.626. The molecule has 0 aromatic carbocycles. The lowest BCUT2D eigenvalue weighted by Crippen LogP contribution is -1.83. The molecule has 0 bridgehead atoms. The van der Waals surface area contributed by atoms with E-state index in [1.165, 1.54) is 24.0 Å². The second kappa shape index (κ2) is 2.87. The van der Waals surface area contributed by atoms with Crippen LogP contribution in [0.3, 0.4) is 0 Å². The van der Waals surface area contributed by atoms with E-state index in [-0.39, 0.29) is 0 Å². The number of allylic oxidation sites excluding steroid dienone is 4. The SMILES string of the molecule is C=CC1=C(C=C)CC(C)C1. The molecule has 0 spiro atoms. The van der Waals surface area contributed by atoms with Crippen LogP contribution in [0.2, 0.25) is 0 Å². The van der Waals surface area contributed by atoms with Crippen LogP contribution in [0.5, 0.6) is 0 Å². The van der Waals surface area contributed by atoms with Crippen molar-refractivity contribution >= 4 is 0 Å². The van der Waals surface area contributed by atoms with Gasteiger partial charge in [-0.1, -0.05) is 32.2 Å². The first kappa shape index (κ1) is 7.33. The predicted molar refractivity (Wildman–Crippen MR) is 45.8 cm³/mol. The number of hydrogen-bond donors (Lipinski definition) is 0. The lowest BCUT2D eigenvalue weighted by atomic mass is 10.1. The highest BCUT2D eigenvalue weighted by Crippen LogP contribution is 2.31. The van der Waals surface area contributed by atoms with E-state index in [1.54, 1.807) is 0 Å². The Morgan fingerprint density at radius 2 is 1.60 bits per heavy atom. The zero-order valence-corrected chi connectivity index (χ0v) is 6.56. The fourth-order valence-corrected chi connectivity index (χ4v) is 1.51. The summed E-state index contributed by atoms with van der Waals surface area (Å²) in [5.74, 6) is 0.793. The zero-order valence-electron chi connectivity index (χ0n) is 6.56. The van der Waals surface area contributed by atoms with Crippen LogP contribution in [-0.4, -0.2) is 0 Å². The van der Waals surface area contributed by atoms with Gasteiger partial charge in [-0.2, -0.15) is 0 Å². The maximum atomic E-state index is 3.77. The molecule has 0 aromatic heterocycles. The molecule has 0 saturated heterocycles. The van der Waals surface area contributed by atoms with E-state index in [0.717, 1.165) is 5.92 Å². The van der Waals surface area contributed by atoms with Crippen molar-refractivity contribution in [2.75, 3.05) is 0 Å². The Kier molecular flexibility index (Phi) is 2.10. The minimum atomic E-state index is 0.793. The minimum absolute atomic E-state index is 0.793. The van der Waals surface area contributed by atoms with Crippen molar-refractivity contribution in [2.45, 2.75) is 19.8 Å². The van der Waals surface area contributed by atoms with Gasteiger partial charge in [0.05, 0.1) is 0 Å². The topological polar surface area (TPSA) is 0 Å². The number of rotatable bonds is 2. The fourth-order valence-electron chi connectivity index (χ4n) is 1.51. The average molecular weight is 134 g/mol. The third-order valence-corrected chi connectivity index (χ3v) is 2.04. The van der Waals surface area contributed by atoms with Gasteiger partial charge in [-0.15, -0.1) is 0 Å². The molecule has 0 radical (unpaired) electrons. The molecule has 0 nitrogen and oxygen atoms in total. The Morgan fingerprint density at radius 3 is 1.90 bits per heavy atom. The molecule has 1 aliphatic rings. The molecule has 0 unspecified atom stereocenters. The molecule has 0 aromatic rings. The fraction of sp³-hybridized carbons (Fsp3) is 0.400. The molecular weight excluding hydrogens is 120 g/mol. The van der Waals surface area contributed by atoms with Gasteiger partial charge in [0, 0.05) is 0 Å². The molecule has 0 atom stereocenters. The summed E-state index contributed by atoms with van der Waals surface area (Å²) in [6, 6.07) is 0. The molecule has 54 valence electrons. The second-order valence-corrected chi connectivity index (χ2v) is 2.97. The van der Waals surface area contributed by atoms with Crippen LogP contribution in [0.25, 0.3) is 0 Å². The maximum Gasteiger partial charge on any atom is -0.0247 e. The Bertz CT molecular complexity index is 164. The van der Waals surface area contributed by atoms with Crippen molar-refractivity contribution in [3.63, 3.8) is 0 Å². The summed E-state index contributed by atoms with van der Waals surface area (Å²) in [6.45, 7) is 9.80. The first-order valence-electron chi connectivity index (χ1n) is 3.74. The van der Waals surface area contributed by atoms with Gasteiger partial charge in [-0.25, -0.2) is 0 Å². The molecule has 0 heterocycles. The van der Waals surface area contributed by atoms with E-state index in [4.69, 9.17) is 0 Å². The van der Waals surface area contributed by atoms with Crippen molar-refractivity contribution in [3.05, 3.63) is 36.5 Å². The summed E-state index contributed by atoms with van der Waals surface area (Å²) in [5, 5.41) is 0. The molecule has 0 saturated carbocycles. The molecule has 1 rings (SSSR count). The Morgan fingerprint density at radius 1 is 1.20 bits per heavy atom. The van der Waals surface area contributed by atoms with Gasteiger partial charge in [0.25, 0.3) is 0 Å². The minimum Gasteiger partial charge on any atom is -0.0988 e.